The minimum atomic E-state index is -0.910. The molecule has 1 unspecified atom stereocenters. The summed E-state index contributed by atoms with van der Waals surface area (Å²) < 4.78 is 5.90. The van der Waals surface area contributed by atoms with Gasteiger partial charge in [0.2, 0.25) is 0 Å². The molecule has 1 amide bonds. The summed E-state index contributed by atoms with van der Waals surface area (Å²) in [5.74, 6) is -0.107. The Morgan fingerprint density at radius 3 is 2.53 bits per heavy atom. The van der Waals surface area contributed by atoms with E-state index < -0.39 is 5.60 Å². The van der Waals surface area contributed by atoms with E-state index in [1.165, 1.54) is 0 Å². The number of amides is 1. The number of hydrogen-bond acceptors (Lipinski definition) is 2. The van der Waals surface area contributed by atoms with E-state index in [4.69, 9.17) is 4.74 Å². The van der Waals surface area contributed by atoms with Crippen molar-refractivity contribution in [2.45, 2.75) is 19.1 Å². The van der Waals surface area contributed by atoms with Crippen molar-refractivity contribution in [2.24, 2.45) is 0 Å². The Kier molecular flexibility index (Phi) is 2.84. The lowest BCUT2D eigenvalue weighted by Gasteiger charge is -2.23. The molecule has 1 heterocycles. The second kappa shape index (κ2) is 4.52. The molecule has 0 radical (unpaired) electrons. The maximum absolute atomic E-state index is 12.1. The van der Waals surface area contributed by atoms with Crippen LogP contribution in [0, 0.1) is 0 Å². The van der Waals surface area contributed by atoms with Crippen molar-refractivity contribution in [3.05, 3.63) is 65.7 Å². The van der Waals surface area contributed by atoms with E-state index in [1.807, 2.05) is 61.5 Å². The lowest BCUT2D eigenvalue weighted by molar-refractivity contribution is -0.140. The van der Waals surface area contributed by atoms with Crippen LogP contribution in [0.1, 0.15) is 18.1 Å². The number of ether oxygens (including phenoxy) is 1. The Balaban J connectivity index is 1.85. The zero-order valence-corrected chi connectivity index (χ0v) is 10.7. The summed E-state index contributed by atoms with van der Waals surface area (Å²) in [5.41, 5.74) is 1.88. The highest BCUT2D eigenvalue weighted by Crippen LogP contribution is 2.38. The molecule has 1 atom stereocenters. The molecular formula is C16H15NO2. The van der Waals surface area contributed by atoms with Gasteiger partial charge in [0.15, 0.2) is 5.60 Å². The smallest absolute Gasteiger partial charge is 0.261 e. The topological polar surface area (TPSA) is 38.3 Å². The van der Waals surface area contributed by atoms with E-state index in [-0.39, 0.29) is 5.91 Å². The number of anilines is 1. The van der Waals surface area contributed by atoms with Crippen molar-refractivity contribution in [3.8, 4) is 0 Å². The molecule has 0 fully saturated rings. The van der Waals surface area contributed by atoms with Crippen molar-refractivity contribution in [2.75, 3.05) is 5.32 Å². The predicted octanol–water partition coefficient (Wildman–Crippen LogP) is 3.07. The third-order valence-electron chi connectivity index (χ3n) is 3.49. The molecular weight excluding hydrogens is 238 g/mol. The molecule has 3 nitrogen and oxygen atoms in total. The highest BCUT2D eigenvalue weighted by molar-refractivity contribution is 6.04. The van der Waals surface area contributed by atoms with Crippen LogP contribution in [-0.2, 0) is 21.7 Å². The van der Waals surface area contributed by atoms with E-state index >= 15 is 0 Å². The number of carbonyl (C=O) groups is 1. The van der Waals surface area contributed by atoms with Gasteiger partial charge >= 0.3 is 0 Å². The third-order valence-corrected chi connectivity index (χ3v) is 3.49. The molecule has 0 bridgehead atoms. The van der Waals surface area contributed by atoms with Crippen LogP contribution in [0.4, 0.5) is 5.69 Å². The fourth-order valence-electron chi connectivity index (χ4n) is 2.32. The summed E-state index contributed by atoms with van der Waals surface area (Å²) in [6.07, 6.45) is 0. The maximum Gasteiger partial charge on any atom is 0.261 e. The Labute approximate surface area is 112 Å². The minimum Gasteiger partial charge on any atom is -0.356 e. The zero-order valence-electron chi connectivity index (χ0n) is 10.7. The van der Waals surface area contributed by atoms with Crippen molar-refractivity contribution in [1.29, 1.82) is 0 Å². The van der Waals surface area contributed by atoms with Gasteiger partial charge in [-0.05, 0) is 18.6 Å². The monoisotopic (exact) mass is 253 g/mol. The van der Waals surface area contributed by atoms with Gasteiger partial charge in [-0.1, -0.05) is 48.5 Å². The van der Waals surface area contributed by atoms with Crippen LogP contribution >= 0.6 is 0 Å². The maximum atomic E-state index is 12.1. The Morgan fingerprint density at radius 2 is 1.74 bits per heavy atom. The zero-order chi connectivity index (χ0) is 13.3. The van der Waals surface area contributed by atoms with Crippen LogP contribution < -0.4 is 5.32 Å². The molecule has 1 aliphatic rings. The molecule has 2 aromatic carbocycles. The molecule has 0 aliphatic carbocycles. The van der Waals surface area contributed by atoms with Gasteiger partial charge in [0.05, 0.1) is 6.61 Å². The predicted molar refractivity (Wildman–Crippen MR) is 73.7 cm³/mol. The summed E-state index contributed by atoms with van der Waals surface area (Å²) in [7, 11) is 0. The average molecular weight is 253 g/mol. The molecule has 3 rings (SSSR count). The number of fused-ring (bicyclic) bond motifs is 1. The van der Waals surface area contributed by atoms with Crippen LogP contribution in [-0.4, -0.2) is 5.91 Å². The quantitative estimate of drug-likeness (QED) is 0.913. The first-order chi connectivity index (χ1) is 9.20. The lowest BCUT2D eigenvalue weighted by atomic mass is 9.97. The molecule has 1 N–H and O–H groups in total. The molecule has 3 heteroatoms. The molecule has 0 spiro atoms. The highest BCUT2D eigenvalue weighted by atomic mass is 16.5. The average Bonchev–Trinajstić information content (AvgIpc) is 2.71. The van der Waals surface area contributed by atoms with Gasteiger partial charge < -0.3 is 10.1 Å². The summed E-state index contributed by atoms with van der Waals surface area (Å²) in [6.45, 7) is 2.23. The molecule has 0 saturated heterocycles. The van der Waals surface area contributed by atoms with Crippen molar-refractivity contribution < 1.29 is 9.53 Å². The highest BCUT2D eigenvalue weighted by Gasteiger charge is 2.43. The Morgan fingerprint density at radius 1 is 1.05 bits per heavy atom. The van der Waals surface area contributed by atoms with Gasteiger partial charge in [0.1, 0.15) is 0 Å². The lowest BCUT2D eigenvalue weighted by Crippen LogP contribution is -2.33. The van der Waals surface area contributed by atoms with Crippen LogP contribution in [0.5, 0.6) is 0 Å². The number of rotatable bonds is 3. The number of carbonyl (C=O) groups excluding carboxylic acids is 1. The summed E-state index contributed by atoms with van der Waals surface area (Å²) in [5, 5.41) is 2.86. The Bertz CT molecular complexity index is 609. The van der Waals surface area contributed by atoms with Crippen LogP contribution in [0.15, 0.2) is 54.6 Å². The normalized spacial score (nSPS) is 21.0. The number of para-hydroxylation sites is 1. The van der Waals surface area contributed by atoms with E-state index in [0.29, 0.717) is 6.61 Å². The third kappa shape index (κ3) is 2.02. The van der Waals surface area contributed by atoms with Crippen molar-refractivity contribution in [3.63, 3.8) is 0 Å². The van der Waals surface area contributed by atoms with Crippen LogP contribution in [0.25, 0.3) is 0 Å². The van der Waals surface area contributed by atoms with Crippen molar-refractivity contribution in [1.82, 2.24) is 0 Å². The first-order valence-electron chi connectivity index (χ1n) is 6.29. The first kappa shape index (κ1) is 11.9. The van der Waals surface area contributed by atoms with Gasteiger partial charge in [-0.3, -0.25) is 4.79 Å². The number of hydrogen-bond donors (Lipinski definition) is 1. The standard InChI is InChI=1S/C16H15NO2/c1-16(19-11-12-7-3-2-4-8-12)13-9-5-6-10-14(13)17-15(16)18/h2-10H,11H2,1H3,(H,17,18). The SMILES string of the molecule is CC1(OCc2ccccc2)C(=O)Nc2ccccc21. The molecule has 19 heavy (non-hydrogen) atoms. The van der Waals surface area contributed by atoms with E-state index in [0.717, 1.165) is 16.8 Å². The molecule has 1 aliphatic heterocycles. The number of benzene rings is 2. The second-order valence-corrected chi connectivity index (χ2v) is 4.81. The van der Waals surface area contributed by atoms with E-state index in [2.05, 4.69) is 5.32 Å². The van der Waals surface area contributed by atoms with Gasteiger partial charge in [-0.2, -0.15) is 0 Å². The van der Waals surface area contributed by atoms with Gasteiger partial charge in [-0.15, -0.1) is 0 Å². The van der Waals surface area contributed by atoms with Gasteiger partial charge in [0, 0.05) is 11.3 Å². The molecule has 96 valence electrons. The van der Waals surface area contributed by atoms with Gasteiger partial charge in [0.25, 0.3) is 5.91 Å². The molecule has 2 aromatic rings. The van der Waals surface area contributed by atoms with E-state index in [9.17, 15) is 4.79 Å². The fraction of sp³-hybridized carbons (Fsp3) is 0.188. The summed E-state index contributed by atoms with van der Waals surface area (Å²) in [4.78, 5) is 12.1. The largest absolute Gasteiger partial charge is 0.356 e. The van der Waals surface area contributed by atoms with E-state index in [1.54, 1.807) is 0 Å². The number of nitrogens with one attached hydrogen (secondary N) is 1. The Hall–Kier alpha value is -2.13. The fourth-order valence-corrected chi connectivity index (χ4v) is 2.32. The molecule has 0 saturated carbocycles. The van der Waals surface area contributed by atoms with Crippen molar-refractivity contribution >= 4 is 11.6 Å². The van der Waals surface area contributed by atoms with Crippen LogP contribution in [0.2, 0.25) is 0 Å². The summed E-state index contributed by atoms with van der Waals surface area (Å²) in [6, 6.07) is 17.5. The second-order valence-electron chi connectivity index (χ2n) is 4.81. The summed E-state index contributed by atoms with van der Waals surface area (Å²) >= 11 is 0. The van der Waals surface area contributed by atoms with Gasteiger partial charge in [-0.25, -0.2) is 0 Å². The molecule has 0 aromatic heterocycles. The first-order valence-corrected chi connectivity index (χ1v) is 6.29. The minimum absolute atomic E-state index is 0.107. The van der Waals surface area contributed by atoms with Crippen LogP contribution in [0.3, 0.4) is 0 Å².